The molecule has 0 unspecified atom stereocenters. The third-order valence-corrected chi connectivity index (χ3v) is 2.78. The lowest BCUT2D eigenvalue weighted by Crippen LogP contribution is -2.12. The first-order chi connectivity index (χ1) is 7.18. The van der Waals surface area contributed by atoms with Crippen LogP contribution in [0.4, 0.5) is 4.39 Å². The van der Waals surface area contributed by atoms with Gasteiger partial charge in [-0.1, -0.05) is 12.1 Å². The summed E-state index contributed by atoms with van der Waals surface area (Å²) in [7, 11) is 0. The summed E-state index contributed by atoms with van der Waals surface area (Å²) in [6.45, 7) is 0. The number of hydrogen-bond donors (Lipinski definition) is 1. The summed E-state index contributed by atoms with van der Waals surface area (Å²) in [5, 5.41) is 0. The number of nitrogens with two attached hydrogens (primary N) is 1. The van der Waals surface area contributed by atoms with Crippen LogP contribution in [0.5, 0.6) is 0 Å². The fourth-order valence-electron chi connectivity index (χ4n) is 1.23. The summed E-state index contributed by atoms with van der Waals surface area (Å²) < 4.78 is 12.7. The van der Waals surface area contributed by atoms with Crippen LogP contribution in [0, 0.1) is 5.82 Å². The predicted molar refractivity (Wildman–Crippen MR) is 56.0 cm³/mol. The Morgan fingerprint density at radius 2 is 2.00 bits per heavy atom. The number of nitrogens with zero attached hydrogens (tertiary/aromatic N) is 1. The molecule has 0 aliphatic heterocycles. The molecule has 0 fully saturated rings. The highest BCUT2D eigenvalue weighted by Gasteiger charge is 2.12. The molecule has 1 amide bonds. The summed E-state index contributed by atoms with van der Waals surface area (Å²) in [5.41, 5.74) is 7.67. The van der Waals surface area contributed by atoms with Crippen molar-refractivity contribution in [1.29, 1.82) is 0 Å². The van der Waals surface area contributed by atoms with Crippen molar-refractivity contribution >= 4 is 17.2 Å². The van der Waals surface area contributed by atoms with Crippen LogP contribution in [-0.4, -0.2) is 10.9 Å². The molecule has 0 aliphatic carbocycles. The second kappa shape index (κ2) is 3.78. The van der Waals surface area contributed by atoms with E-state index in [0.717, 1.165) is 5.56 Å². The molecule has 0 saturated carbocycles. The van der Waals surface area contributed by atoms with Crippen LogP contribution in [0.1, 0.15) is 10.5 Å². The van der Waals surface area contributed by atoms with Gasteiger partial charge in [0.2, 0.25) is 0 Å². The molecule has 0 bridgehead atoms. The van der Waals surface area contributed by atoms with Crippen molar-refractivity contribution in [1.82, 2.24) is 4.98 Å². The van der Waals surface area contributed by atoms with Gasteiger partial charge in [-0.05, 0) is 17.7 Å². The number of rotatable bonds is 2. The molecule has 0 spiro atoms. The van der Waals surface area contributed by atoms with Gasteiger partial charge in [0.1, 0.15) is 11.5 Å². The third-order valence-electron chi connectivity index (χ3n) is 1.91. The largest absolute Gasteiger partial charge is 0.364 e. The highest BCUT2D eigenvalue weighted by Crippen LogP contribution is 2.27. The monoisotopic (exact) mass is 222 g/mol. The highest BCUT2D eigenvalue weighted by molar-refractivity contribution is 7.13. The molecule has 0 atom stereocenters. The Labute approximate surface area is 89.4 Å². The molecule has 15 heavy (non-hydrogen) atoms. The Kier molecular flexibility index (Phi) is 2.47. The van der Waals surface area contributed by atoms with Crippen molar-refractivity contribution in [3.8, 4) is 10.4 Å². The minimum Gasteiger partial charge on any atom is -0.364 e. The molecule has 0 radical (unpaired) electrons. The van der Waals surface area contributed by atoms with Crippen LogP contribution in [0.15, 0.2) is 29.8 Å². The quantitative estimate of drug-likeness (QED) is 0.845. The van der Waals surface area contributed by atoms with Crippen LogP contribution < -0.4 is 5.73 Å². The summed E-state index contributed by atoms with van der Waals surface area (Å²) in [4.78, 5) is 15.5. The molecule has 0 saturated heterocycles. The average Bonchev–Trinajstić information content (AvgIpc) is 2.67. The van der Waals surface area contributed by atoms with E-state index in [1.807, 2.05) is 0 Å². The highest BCUT2D eigenvalue weighted by atomic mass is 32.1. The zero-order valence-electron chi connectivity index (χ0n) is 7.61. The molecule has 1 aromatic heterocycles. The smallest absolute Gasteiger partial charge is 0.268 e. The first kappa shape index (κ1) is 9.79. The van der Waals surface area contributed by atoms with E-state index >= 15 is 0 Å². The minimum atomic E-state index is -0.574. The van der Waals surface area contributed by atoms with E-state index < -0.39 is 5.91 Å². The molecular formula is C10H7FN2OS. The molecule has 76 valence electrons. The van der Waals surface area contributed by atoms with E-state index in [1.54, 1.807) is 17.6 Å². The van der Waals surface area contributed by atoms with Gasteiger partial charge in [-0.15, -0.1) is 11.3 Å². The molecule has 1 aromatic carbocycles. The Bertz CT molecular complexity index is 492. The summed E-state index contributed by atoms with van der Waals surface area (Å²) >= 11 is 1.30. The zero-order chi connectivity index (χ0) is 10.8. The van der Waals surface area contributed by atoms with Gasteiger partial charge in [-0.2, -0.15) is 0 Å². The Balaban J connectivity index is 2.49. The second-order valence-corrected chi connectivity index (χ2v) is 3.76. The molecule has 2 aromatic rings. The van der Waals surface area contributed by atoms with E-state index in [-0.39, 0.29) is 11.5 Å². The van der Waals surface area contributed by atoms with Gasteiger partial charge in [0.15, 0.2) is 0 Å². The molecule has 2 rings (SSSR count). The predicted octanol–water partition coefficient (Wildman–Crippen LogP) is 2.05. The lowest BCUT2D eigenvalue weighted by Gasteiger charge is -1.98. The topological polar surface area (TPSA) is 56.0 Å². The number of primary amides is 1. The van der Waals surface area contributed by atoms with Gasteiger partial charge in [-0.3, -0.25) is 4.79 Å². The van der Waals surface area contributed by atoms with E-state index in [0.29, 0.717) is 4.88 Å². The molecular weight excluding hydrogens is 215 g/mol. The minimum absolute atomic E-state index is 0.228. The van der Waals surface area contributed by atoms with Crippen LogP contribution in [-0.2, 0) is 0 Å². The van der Waals surface area contributed by atoms with Crippen LogP contribution in [0.25, 0.3) is 10.4 Å². The third kappa shape index (κ3) is 1.87. The lowest BCUT2D eigenvalue weighted by atomic mass is 10.1. The van der Waals surface area contributed by atoms with Crippen molar-refractivity contribution in [3.63, 3.8) is 0 Å². The molecule has 3 nitrogen and oxygen atoms in total. The molecule has 1 heterocycles. The van der Waals surface area contributed by atoms with Crippen molar-refractivity contribution in [3.05, 3.63) is 41.3 Å². The van der Waals surface area contributed by atoms with Gasteiger partial charge >= 0.3 is 0 Å². The number of carbonyl (C=O) groups excluding carboxylic acids is 1. The fraction of sp³-hybridized carbons (Fsp3) is 0. The van der Waals surface area contributed by atoms with E-state index in [2.05, 4.69) is 4.98 Å². The number of aromatic nitrogens is 1. The average molecular weight is 222 g/mol. The molecule has 5 heteroatoms. The maximum atomic E-state index is 12.7. The van der Waals surface area contributed by atoms with Crippen molar-refractivity contribution in [2.45, 2.75) is 0 Å². The Hall–Kier alpha value is -1.75. The first-order valence-corrected chi connectivity index (χ1v) is 5.05. The van der Waals surface area contributed by atoms with Crippen molar-refractivity contribution in [2.24, 2.45) is 5.73 Å². The maximum absolute atomic E-state index is 12.7. The van der Waals surface area contributed by atoms with Crippen molar-refractivity contribution in [2.75, 3.05) is 0 Å². The second-order valence-electron chi connectivity index (χ2n) is 2.90. The number of hydrogen-bond acceptors (Lipinski definition) is 3. The summed E-state index contributed by atoms with van der Waals surface area (Å²) in [6.07, 6.45) is 0. The van der Waals surface area contributed by atoms with Crippen LogP contribution in [0.2, 0.25) is 0 Å². The number of halogens is 1. The number of amides is 1. The Morgan fingerprint density at radius 3 is 2.60 bits per heavy atom. The fourth-order valence-corrected chi connectivity index (χ4v) is 2.03. The standard InChI is InChI=1S/C10H7FN2OS/c11-7-3-1-6(2-4-7)9-8(10(12)14)13-5-15-9/h1-5H,(H2,12,14). The van der Waals surface area contributed by atoms with Crippen molar-refractivity contribution < 1.29 is 9.18 Å². The van der Waals surface area contributed by atoms with Gasteiger partial charge in [0.25, 0.3) is 5.91 Å². The first-order valence-electron chi connectivity index (χ1n) is 4.17. The number of thiazole rings is 1. The molecule has 2 N–H and O–H groups in total. The zero-order valence-corrected chi connectivity index (χ0v) is 8.42. The van der Waals surface area contributed by atoms with Gasteiger partial charge in [0, 0.05) is 0 Å². The van der Waals surface area contributed by atoms with E-state index in [4.69, 9.17) is 5.73 Å². The normalized spacial score (nSPS) is 10.2. The van der Waals surface area contributed by atoms with Gasteiger partial charge < -0.3 is 5.73 Å². The van der Waals surface area contributed by atoms with Gasteiger partial charge in [0.05, 0.1) is 10.4 Å². The SMILES string of the molecule is NC(=O)c1ncsc1-c1ccc(F)cc1. The van der Waals surface area contributed by atoms with Crippen LogP contribution in [0.3, 0.4) is 0 Å². The summed E-state index contributed by atoms with van der Waals surface area (Å²) in [5.74, 6) is -0.889. The number of carbonyl (C=O) groups is 1. The molecule has 0 aliphatic rings. The van der Waals surface area contributed by atoms with Gasteiger partial charge in [-0.25, -0.2) is 9.37 Å². The van der Waals surface area contributed by atoms with Crippen LogP contribution >= 0.6 is 11.3 Å². The van der Waals surface area contributed by atoms with E-state index in [9.17, 15) is 9.18 Å². The lowest BCUT2D eigenvalue weighted by molar-refractivity contribution is 0.0997. The van der Waals surface area contributed by atoms with E-state index in [1.165, 1.54) is 23.5 Å². The summed E-state index contributed by atoms with van der Waals surface area (Å²) in [6, 6.07) is 5.85. The Morgan fingerprint density at radius 1 is 1.33 bits per heavy atom. The maximum Gasteiger partial charge on any atom is 0.268 e. The number of benzene rings is 1.